The number of hydrogen-bond acceptors (Lipinski definition) is 15. The highest BCUT2D eigenvalue weighted by molar-refractivity contribution is 7.94. The summed E-state index contributed by atoms with van der Waals surface area (Å²) in [6, 6.07) is 29.9. The predicted molar refractivity (Wildman–Crippen MR) is 265 cm³/mol. The van der Waals surface area contributed by atoms with E-state index >= 15 is 16.8 Å². The largest absolute Gasteiger partial charge is 0.497 e. The normalized spacial score (nSPS) is 13.1. The Bertz CT molecular complexity index is 3270. The molecule has 3 aromatic heterocycles. The van der Waals surface area contributed by atoms with E-state index in [-0.39, 0.29) is 42.4 Å². The number of carboxylic acid groups (broad SMARTS) is 1. The fourth-order valence-electron chi connectivity index (χ4n) is 7.92. The summed E-state index contributed by atoms with van der Waals surface area (Å²) in [4.78, 5) is 33.3. The van der Waals surface area contributed by atoms with Gasteiger partial charge in [-0.3, -0.25) is 10.3 Å². The molecule has 374 valence electrons. The number of rotatable bonds is 17. The van der Waals surface area contributed by atoms with E-state index < -0.39 is 65.8 Å². The molecule has 7 aromatic rings. The van der Waals surface area contributed by atoms with Crippen molar-refractivity contribution in [2.75, 3.05) is 39.7 Å². The van der Waals surface area contributed by atoms with E-state index in [1.807, 2.05) is 0 Å². The summed E-state index contributed by atoms with van der Waals surface area (Å²) in [5, 5.41) is 23.9. The molecular weight excluding hydrogens is 967 g/mol. The third kappa shape index (κ3) is 11.1. The van der Waals surface area contributed by atoms with Crippen LogP contribution in [-0.4, -0.2) is 119 Å². The lowest BCUT2D eigenvalue weighted by atomic mass is 9.98. The molecule has 22 heteroatoms. The van der Waals surface area contributed by atoms with Crippen molar-refractivity contribution in [3.63, 3.8) is 0 Å². The number of carbonyl (C=O) groups excluding carboxylic acids is 1. The van der Waals surface area contributed by atoms with Gasteiger partial charge in [0.15, 0.2) is 15.7 Å². The quantitative estimate of drug-likeness (QED) is 0.0901. The molecule has 1 aliphatic rings. The summed E-state index contributed by atoms with van der Waals surface area (Å²) >= 11 is 0. The number of benzene rings is 4. The van der Waals surface area contributed by atoms with Crippen LogP contribution in [0.25, 0.3) is 33.8 Å². The summed E-state index contributed by atoms with van der Waals surface area (Å²) in [7, 11) is -5.10. The minimum absolute atomic E-state index is 0.00583. The molecule has 0 spiro atoms. The minimum Gasteiger partial charge on any atom is -0.497 e. The molecule has 1 aliphatic heterocycles. The van der Waals surface area contributed by atoms with Crippen molar-refractivity contribution < 1.29 is 50.5 Å². The number of nitrogens with one attached hydrogen (secondary N) is 1. The number of hydrogen-bond donors (Lipinski definition) is 2. The zero-order chi connectivity index (χ0) is 51.4. The van der Waals surface area contributed by atoms with Crippen molar-refractivity contribution in [1.29, 1.82) is 0 Å². The molecule has 0 atom stereocenters. The van der Waals surface area contributed by atoms with Gasteiger partial charge in [-0.2, -0.15) is 4.31 Å². The number of sulfone groups is 1. The van der Waals surface area contributed by atoms with Crippen LogP contribution in [0.1, 0.15) is 37.5 Å². The molecular formula is C50H51N9O11S2. The summed E-state index contributed by atoms with van der Waals surface area (Å²) in [6.07, 6.45) is 0.943. The Hall–Kier alpha value is -7.95. The standard InChI is InChI=1S/C50H51N9O11S2/c1-50(2,3)70-48(60)53-44-26-36(22-24-52-44)42-25-35(21-23-51-42)41-19-20-43(71(63,64)40-30-57(31-40)49(61)62)46(45(41)47-54-55-56-59(47)29-34-11-17-39(69-6)18-12-34)72(65,66)58(27-32-7-13-37(67-4)14-8-32)28-33-9-15-38(68-5)16-10-33/h7-26,40H,27-31H2,1-6H3,(H,61,62)(H,52,53,60). The Balaban J connectivity index is 1.38. The fourth-order valence-corrected chi connectivity index (χ4v) is 12.0. The topological polar surface area (TPSA) is 247 Å². The number of anilines is 1. The van der Waals surface area contributed by atoms with Gasteiger partial charge in [0.1, 0.15) is 38.8 Å². The lowest BCUT2D eigenvalue weighted by Crippen LogP contribution is -2.56. The van der Waals surface area contributed by atoms with Crippen LogP contribution in [-0.2, 0) is 44.2 Å². The third-order valence-corrected chi connectivity index (χ3v) is 15.8. The third-order valence-electron chi connectivity index (χ3n) is 11.6. The van der Waals surface area contributed by atoms with Gasteiger partial charge in [-0.1, -0.05) is 42.5 Å². The zero-order valence-corrected chi connectivity index (χ0v) is 41.7. The maximum absolute atomic E-state index is 16.2. The smallest absolute Gasteiger partial charge is 0.413 e. The summed E-state index contributed by atoms with van der Waals surface area (Å²) in [5.41, 5.74) is 2.33. The molecule has 4 aromatic carbocycles. The van der Waals surface area contributed by atoms with E-state index in [4.69, 9.17) is 18.9 Å². The van der Waals surface area contributed by atoms with Gasteiger partial charge in [0.25, 0.3) is 0 Å². The van der Waals surface area contributed by atoms with Crippen LogP contribution in [0.4, 0.5) is 15.4 Å². The molecule has 4 heterocycles. The monoisotopic (exact) mass is 1020 g/mol. The molecule has 72 heavy (non-hydrogen) atoms. The van der Waals surface area contributed by atoms with Crippen LogP contribution in [0, 0.1) is 0 Å². The zero-order valence-electron chi connectivity index (χ0n) is 40.1. The Labute approximate surface area is 416 Å². The molecule has 1 fully saturated rings. The maximum Gasteiger partial charge on any atom is 0.413 e. The van der Waals surface area contributed by atoms with Gasteiger partial charge in [-0.25, -0.2) is 36.1 Å². The number of likely N-dealkylation sites (tertiary alicyclic amines) is 1. The van der Waals surface area contributed by atoms with Crippen LogP contribution in [0.2, 0.25) is 0 Å². The average Bonchev–Trinajstić information content (AvgIpc) is 3.80. The number of nitrogens with zero attached hydrogens (tertiary/aromatic N) is 8. The number of carbonyl (C=O) groups is 2. The molecule has 0 radical (unpaired) electrons. The van der Waals surface area contributed by atoms with Gasteiger partial charge in [0, 0.05) is 44.1 Å². The van der Waals surface area contributed by atoms with Crippen molar-refractivity contribution in [3.05, 3.63) is 138 Å². The minimum atomic E-state index is -5.01. The number of tetrazole rings is 1. The van der Waals surface area contributed by atoms with Crippen LogP contribution >= 0.6 is 0 Å². The number of sulfonamides is 1. The highest BCUT2D eigenvalue weighted by Gasteiger charge is 2.45. The van der Waals surface area contributed by atoms with Gasteiger partial charge in [-0.15, -0.1) is 5.10 Å². The Kier molecular flexibility index (Phi) is 14.6. The Morgan fingerprint density at radius 2 is 1.29 bits per heavy atom. The van der Waals surface area contributed by atoms with Crippen LogP contribution in [0.5, 0.6) is 17.2 Å². The molecule has 1 saturated heterocycles. The second-order valence-corrected chi connectivity index (χ2v) is 21.7. The first-order valence-electron chi connectivity index (χ1n) is 22.3. The van der Waals surface area contributed by atoms with Gasteiger partial charge >= 0.3 is 12.2 Å². The van der Waals surface area contributed by atoms with E-state index in [0.717, 1.165) is 4.90 Å². The van der Waals surface area contributed by atoms with Gasteiger partial charge < -0.3 is 29.0 Å². The molecule has 0 bridgehead atoms. The number of pyridine rings is 2. The van der Waals surface area contributed by atoms with Crippen molar-refractivity contribution in [2.45, 2.75) is 61.0 Å². The van der Waals surface area contributed by atoms with Crippen LogP contribution < -0.4 is 19.5 Å². The Morgan fingerprint density at radius 3 is 1.85 bits per heavy atom. The second kappa shape index (κ2) is 20.8. The second-order valence-electron chi connectivity index (χ2n) is 17.6. The van der Waals surface area contributed by atoms with Crippen molar-refractivity contribution in [1.82, 2.24) is 39.4 Å². The Morgan fingerprint density at radius 1 is 0.736 bits per heavy atom. The predicted octanol–water partition coefficient (Wildman–Crippen LogP) is 7.41. The SMILES string of the molecule is COc1ccc(CN(Cc2ccc(OC)cc2)S(=O)(=O)c2c(S(=O)(=O)C3CN(C(=O)O)C3)ccc(-c3ccnc(-c4ccnc(NC(=O)OC(C)(C)C)c4)c3)c2-c2nnnn2Cc2ccc(OC)cc2)cc1. The summed E-state index contributed by atoms with van der Waals surface area (Å²) in [6.45, 7) is 3.93. The molecule has 20 nitrogen and oxygen atoms in total. The highest BCUT2D eigenvalue weighted by atomic mass is 32.2. The lowest BCUT2D eigenvalue weighted by Gasteiger charge is -2.37. The van der Waals surface area contributed by atoms with E-state index in [9.17, 15) is 14.7 Å². The van der Waals surface area contributed by atoms with E-state index in [2.05, 4.69) is 30.8 Å². The van der Waals surface area contributed by atoms with Crippen molar-refractivity contribution >= 4 is 37.9 Å². The van der Waals surface area contributed by atoms with Crippen LogP contribution in [0.15, 0.2) is 131 Å². The first kappa shape index (κ1) is 50.4. The van der Waals surface area contributed by atoms with Gasteiger partial charge in [0.05, 0.1) is 44.0 Å². The molecule has 8 rings (SSSR count). The van der Waals surface area contributed by atoms with E-state index in [0.29, 0.717) is 50.8 Å². The number of ether oxygens (including phenoxy) is 4. The first-order valence-corrected chi connectivity index (χ1v) is 25.3. The lowest BCUT2D eigenvalue weighted by molar-refractivity contribution is 0.0635. The van der Waals surface area contributed by atoms with Crippen LogP contribution in [0.3, 0.4) is 0 Å². The summed E-state index contributed by atoms with van der Waals surface area (Å²) < 4.78 is 86.8. The number of amides is 2. The molecule has 0 aliphatic carbocycles. The average molecular weight is 1020 g/mol. The van der Waals surface area contributed by atoms with E-state index in [1.54, 1.807) is 118 Å². The fraction of sp³-hybridized carbons (Fsp3) is 0.260. The summed E-state index contributed by atoms with van der Waals surface area (Å²) in [5.74, 6) is 1.72. The molecule has 2 amide bonds. The molecule has 2 N–H and O–H groups in total. The van der Waals surface area contributed by atoms with Crippen molar-refractivity contribution in [2.24, 2.45) is 0 Å². The van der Waals surface area contributed by atoms with Crippen molar-refractivity contribution in [3.8, 4) is 51.0 Å². The number of aromatic nitrogens is 6. The highest BCUT2D eigenvalue weighted by Crippen LogP contribution is 2.44. The first-order chi connectivity index (χ1) is 34.4. The molecule has 0 saturated carbocycles. The maximum atomic E-state index is 16.2. The molecule has 0 unspecified atom stereocenters. The van der Waals surface area contributed by atoms with Gasteiger partial charge in [0.2, 0.25) is 10.0 Å². The number of methoxy groups -OCH3 is 3. The van der Waals surface area contributed by atoms with Gasteiger partial charge in [-0.05, 0) is 126 Å². The van der Waals surface area contributed by atoms with E-state index in [1.165, 1.54) is 54.8 Å².